The van der Waals surface area contributed by atoms with Crippen LogP contribution in [-0.4, -0.2) is 17.0 Å². The summed E-state index contributed by atoms with van der Waals surface area (Å²) in [6.07, 6.45) is 0.582. The number of carboxylic acids is 1. The second-order valence-corrected chi connectivity index (χ2v) is 7.80. The highest BCUT2D eigenvalue weighted by Crippen LogP contribution is 2.27. The number of aryl methyl sites for hydroxylation is 1. The van der Waals surface area contributed by atoms with Crippen molar-refractivity contribution in [1.29, 1.82) is 0 Å². The van der Waals surface area contributed by atoms with Gasteiger partial charge in [-0.25, -0.2) is 0 Å². The molecule has 29 heavy (non-hydrogen) atoms. The molecule has 2 aromatic carbocycles. The Kier molecular flexibility index (Phi) is 9.05. The van der Waals surface area contributed by atoms with Crippen LogP contribution < -0.4 is 11.1 Å². The van der Waals surface area contributed by atoms with Gasteiger partial charge < -0.3 is 16.2 Å². The van der Waals surface area contributed by atoms with Crippen molar-refractivity contribution >= 4 is 11.9 Å². The first-order chi connectivity index (χ1) is 13.6. The molecule has 0 aliphatic carbocycles. The second-order valence-electron chi connectivity index (χ2n) is 7.80. The van der Waals surface area contributed by atoms with E-state index in [0.29, 0.717) is 19.4 Å². The third-order valence-corrected chi connectivity index (χ3v) is 5.19. The van der Waals surface area contributed by atoms with Crippen molar-refractivity contribution in [3.05, 3.63) is 71.3 Å². The zero-order valence-electron chi connectivity index (χ0n) is 18.2. The number of benzene rings is 2. The molecule has 4 N–H and O–H groups in total. The number of aliphatic carboxylic acids is 1. The third kappa shape index (κ3) is 6.71. The fourth-order valence-electron chi connectivity index (χ4n) is 3.21. The Labute approximate surface area is 174 Å². The number of nitrogens with two attached hydrogens (primary N) is 1. The molecule has 0 radical (unpaired) electrons. The molecule has 0 spiro atoms. The van der Waals surface area contributed by atoms with Crippen molar-refractivity contribution < 1.29 is 14.7 Å². The number of carboxylic acid groups (broad SMARTS) is 1. The molecule has 5 heteroatoms. The molecule has 0 aromatic heterocycles. The predicted octanol–water partition coefficient (Wildman–Crippen LogP) is 4.38. The Morgan fingerprint density at radius 2 is 1.48 bits per heavy atom. The summed E-state index contributed by atoms with van der Waals surface area (Å²) in [6, 6.07) is 17.7. The topological polar surface area (TPSA) is 92.4 Å². The largest absolute Gasteiger partial charge is 0.480 e. The maximum absolute atomic E-state index is 12.1. The summed E-state index contributed by atoms with van der Waals surface area (Å²) in [7, 11) is 0. The van der Waals surface area contributed by atoms with Crippen molar-refractivity contribution in [2.75, 3.05) is 0 Å². The minimum atomic E-state index is -1.31. The first-order valence-corrected chi connectivity index (χ1v) is 9.99. The number of hydrogen-bond acceptors (Lipinski definition) is 3. The molecular formula is C24H34N2O3. The van der Waals surface area contributed by atoms with Crippen LogP contribution in [0.1, 0.15) is 57.2 Å². The smallest absolute Gasteiger partial charge is 0.319 e. The molecule has 0 unspecified atom stereocenters. The van der Waals surface area contributed by atoms with Crippen molar-refractivity contribution in [3.8, 4) is 0 Å². The zero-order valence-corrected chi connectivity index (χ0v) is 18.2. The van der Waals surface area contributed by atoms with Gasteiger partial charge in [0.2, 0.25) is 5.91 Å². The molecule has 0 bridgehead atoms. The lowest BCUT2D eigenvalue weighted by Gasteiger charge is -2.25. The minimum absolute atomic E-state index is 0.217. The molecule has 0 heterocycles. The molecule has 0 aliphatic heterocycles. The normalized spacial score (nSPS) is 11.2. The van der Waals surface area contributed by atoms with Gasteiger partial charge in [-0.05, 0) is 50.3 Å². The summed E-state index contributed by atoms with van der Waals surface area (Å²) >= 11 is 0. The van der Waals surface area contributed by atoms with Crippen LogP contribution in [0.4, 0.5) is 0 Å². The van der Waals surface area contributed by atoms with Gasteiger partial charge in [-0.1, -0.05) is 68.4 Å². The van der Waals surface area contributed by atoms with E-state index in [0.717, 1.165) is 5.56 Å². The Morgan fingerprint density at radius 1 is 0.966 bits per heavy atom. The van der Waals surface area contributed by atoms with Crippen molar-refractivity contribution in [1.82, 2.24) is 5.32 Å². The number of nitrogens with one attached hydrogen (secondary N) is 1. The number of hydrogen-bond donors (Lipinski definition) is 3. The Balaban J connectivity index is 0.000000326. The SMILES string of the molecule is CCC(CC)(C(=O)O)C(=O)NCc1ccccc1.Cc1ccccc1C(C)(C)N. The lowest BCUT2D eigenvalue weighted by molar-refractivity contribution is -0.156. The van der Waals surface area contributed by atoms with Crippen LogP contribution in [0.5, 0.6) is 0 Å². The molecule has 2 rings (SSSR count). The molecule has 2 aromatic rings. The maximum Gasteiger partial charge on any atom is 0.319 e. The highest BCUT2D eigenvalue weighted by molar-refractivity contribution is 6.01. The Bertz CT molecular complexity index is 791. The van der Waals surface area contributed by atoms with Crippen LogP contribution in [0.25, 0.3) is 0 Å². The Hall–Kier alpha value is -2.66. The van der Waals surface area contributed by atoms with E-state index in [1.165, 1.54) is 11.1 Å². The van der Waals surface area contributed by atoms with E-state index in [9.17, 15) is 14.7 Å². The number of carbonyl (C=O) groups is 2. The standard InChI is InChI=1S/C14H19NO3.C10H15N/c1-3-14(4-2,13(17)18)12(16)15-10-11-8-6-5-7-9-11;1-8-6-4-5-7-9(8)10(2,3)11/h5-9H,3-4,10H2,1-2H3,(H,15,16)(H,17,18);4-7H,11H2,1-3H3. The van der Waals surface area contributed by atoms with Crippen molar-refractivity contribution in [2.24, 2.45) is 11.1 Å². The van der Waals surface area contributed by atoms with E-state index in [4.69, 9.17) is 5.73 Å². The van der Waals surface area contributed by atoms with Crippen LogP contribution in [0.15, 0.2) is 54.6 Å². The average Bonchev–Trinajstić information content (AvgIpc) is 2.68. The summed E-state index contributed by atoms with van der Waals surface area (Å²) in [5.41, 5.74) is 7.87. The lowest BCUT2D eigenvalue weighted by Crippen LogP contribution is -2.45. The molecule has 0 aliphatic rings. The summed E-state index contributed by atoms with van der Waals surface area (Å²) in [5.74, 6) is -1.47. The van der Waals surface area contributed by atoms with E-state index < -0.39 is 17.3 Å². The first-order valence-electron chi connectivity index (χ1n) is 9.99. The number of rotatable bonds is 7. The molecule has 0 saturated heterocycles. The van der Waals surface area contributed by atoms with Gasteiger partial charge >= 0.3 is 5.97 Å². The average molecular weight is 399 g/mol. The zero-order chi connectivity index (χ0) is 22.1. The van der Waals surface area contributed by atoms with Crippen LogP contribution in [-0.2, 0) is 21.7 Å². The van der Waals surface area contributed by atoms with Crippen molar-refractivity contribution in [3.63, 3.8) is 0 Å². The maximum atomic E-state index is 12.1. The number of amides is 1. The van der Waals surface area contributed by atoms with Crippen molar-refractivity contribution in [2.45, 2.75) is 59.5 Å². The lowest BCUT2D eigenvalue weighted by atomic mass is 9.81. The number of carbonyl (C=O) groups excluding carboxylic acids is 1. The van der Waals surface area contributed by atoms with Gasteiger partial charge in [0.05, 0.1) is 0 Å². The van der Waals surface area contributed by atoms with E-state index in [1.54, 1.807) is 13.8 Å². The van der Waals surface area contributed by atoms with Crippen LogP contribution in [0, 0.1) is 12.3 Å². The highest BCUT2D eigenvalue weighted by atomic mass is 16.4. The van der Waals surface area contributed by atoms with Crippen LogP contribution in [0.2, 0.25) is 0 Å². The predicted molar refractivity (Wildman–Crippen MR) is 117 cm³/mol. The fourth-order valence-corrected chi connectivity index (χ4v) is 3.21. The summed E-state index contributed by atoms with van der Waals surface area (Å²) < 4.78 is 0. The summed E-state index contributed by atoms with van der Waals surface area (Å²) in [6.45, 7) is 9.93. The van der Waals surface area contributed by atoms with E-state index in [-0.39, 0.29) is 5.54 Å². The molecule has 0 fully saturated rings. The van der Waals surface area contributed by atoms with Gasteiger partial charge in [0.25, 0.3) is 0 Å². The quantitative estimate of drug-likeness (QED) is 0.603. The van der Waals surface area contributed by atoms with Gasteiger partial charge in [0.1, 0.15) is 5.41 Å². The molecular weight excluding hydrogens is 364 g/mol. The van der Waals surface area contributed by atoms with E-state index in [2.05, 4.69) is 24.4 Å². The van der Waals surface area contributed by atoms with Gasteiger partial charge in [0.15, 0.2) is 0 Å². The van der Waals surface area contributed by atoms with E-state index >= 15 is 0 Å². The third-order valence-electron chi connectivity index (χ3n) is 5.19. The molecule has 1 amide bonds. The van der Waals surface area contributed by atoms with Gasteiger partial charge in [0, 0.05) is 12.1 Å². The van der Waals surface area contributed by atoms with Gasteiger partial charge in [-0.3, -0.25) is 9.59 Å². The fraction of sp³-hybridized carbons (Fsp3) is 0.417. The second kappa shape index (κ2) is 10.8. The molecule has 0 saturated carbocycles. The van der Waals surface area contributed by atoms with Gasteiger partial charge in [-0.15, -0.1) is 0 Å². The first kappa shape index (κ1) is 24.4. The Morgan fingerprint density at radius 3 is 1.90 bits per heavy atom. The summed E-state index contributed by atoms with van der Waals surface area (Å²) in [5, 5.41) is 11.9. The van der Waals surface area contributed by atoms with Crippen LogP contribution >= 0.6 is 0 Å². The van der Waals surface area contributed by atoms with Crippen LogP contribution in [0.3, 0.4) is 0 Å². The molecule has 5 nitrogen and oxygen atoms in total. The monoisotopic (exact) mass is 398 g/mol. The minimum Gasteiger partial charge on any atom is -0.480 e. The van der Waals surface area contributed by atoms with Gasteiger partial charge in [-0.2, -0.15) is 0 Å². The van der Waals surface area contributed by atoms with E-state index in [1.807, 2.05) is 56.3 Å². The molecule has 0 atom stereocenters. The molecule has 158 valence electrons. The highest BCUT2D eigenvalue weighted by Gasteiger charge is 2.42. The summed E-state index contributed by atoms with van der Waals surface area (Å²) in [4.78, 5) is 23.3.